The molecule has 0 saturated heterocycles. The van der Waals surface area contributed by atoms with Gasteiger partial charge < -0.3 is 10.1 Å². The Bertz CT molecular complexity index is 480. The predicted molar refractivity (Wildman–Crippen MR) is 87.8 cm³/mol. The molecule has 1 rings (SSSR count). The summed E-state index contributed by atoms with van der Waals surface area (Å²) in [5, 5.41) is 2.80. The van der Waals surface area contributed by atoms with Gasteiger partial charge in [-0.1, -0.05) is 44.9 Å². The van der Waals surface area contributed by atoms with Crippen LogP contribution in [0.4, 0.5) is 0 Å². The first kappa shape index (κ1) is 18.2. The van der Waals surface area contributed by atoms with E-state index in [0.29, 0.717) is 24.5 Å². The lowest BCUT2D eigenvalue weighted by Gasteiger charge is -2.19. The fourth-order valence-corrected chi connectivity index (χ4v) is 2.05. The van der Waals surface area contributed by atoms with Crippen molar-refractivity contribution in [1.29, 1.82) is 0 Å². The van der Waals surface area contributed by atoms with E-state index >= 15 is 0 Å². The zero-order chi connectivity index (χ0) is 16.5. The molecule has 0 saturated carbocycles. The van der Waals surface area contributed by atoms with E-state index in [2.05, 4.69) is 5.32 Å². The molecule has 4 heteroatoms. The van der Waals surface area contributed by atoms with Gasteiger partial charge in [0.25, 0.3) is 5.91 Å². The van der Waals surface area contributed by atoms with Crippen molar-refractivity contribution in [2.75, 3.05) is 6.61 Å². The first-order chi connectivity index (χ1) is 10.4. The highest BCUT2D eigenvalue weighted by molar-refractivity contribution is 5.96. The Morgan fingerprint density at radius 1 is 1.18 bits per heavy atom. The quantitative estimate of drug-likeness (QED) is 0.591. The third kappa shape index (κ3) is 6.29. The van der Waals surface area contributed by atoms with Gasteiger partial charge in [-0.05, 0) is 37.8 Å². The van der Waals surface area contributed by atoms with Crippen LogP contribution in [0, 0.1) is 12.8 Å². The van der Waals surface area contributed by atoms with E-state index in [0.717, 1.165) is 18.4 Å². The topological polar surface area (TPSA) is 55.4 Å². The second-order valence-corrected chi connectivity index (χ2v) is 6.04. The van der Waals surface area contributed by atoms with Gasteiger partial charge in [-0.25, -0.2) is 4.79 Å². The molecular weight excluding hydrogens is 278 g/mol. The number of esters is 1. The summed E-state index contributed by atoms with van der Waals surface area (Å²) in [6.45, 7) is 8.45. The van der Waals surface area contributed by atoms with Crippen molar-refractivity contribution in [1.82, 2.24) is 5.32 Å². The average molecular weight is 305 g/mol. The van der Waals surface area contributed by atoms with Crippen LogP contribution in [-0.2, 0) is 9.53 Å². The fraction of sp³-hybridized carbons (Fsp3) is 0.556. The molecule has 1 aromatic carbocycles. The monoisotopic (exact) mass is 305 g/mol. The van der Waals surface area contributed by atoms with E-state index < -0.39 is 6.04 Å². The zero-order valence-corrected chi connectivity index (χ0v) is 14.0. The molecule has 122 valence electrons. The van der Waals surface area contributed by atoms with Gasteiger partial charge in [0.2, 0.25) is 0 Å². The highest BCUT2D eigenvalue weighted by Crippen LogP contribution is 2.09. The number of amides is 1. The summed E-state index contributed by atoms with van der Waals surface area (Å²) in [5.41, 5.74) is 1.65. The second kappa shape index (κ2) is 9.23. The summed E-state index contributed by atoms with van der Waals surface area (Å²) in [4.78, 5) is 24.4. The maximum Gasteiger partial charge on any atom is 0.328 e. The van der Waals surface area contributed by atoms with Crippen molar-refractivity contribution in [2.24, 2.45) is 5.92 Å². The lowest BCUT2D eigenvalue weighted by molar-refractivity contribution is -0.146. The largest absolute Gasteiger partial charge is 0.464 e. The summed E-state index contributed by atoms with van der Waals surface area (Å²) in [7, 11) is 0. The van der Waals surface area contributed by atoms with E-state index in [1.807, 2.05) is 39.8 Å². The molecule has 0 bridgehead atoms. The Morgan fingerprint density at radius 3 is 2.36 bits per heavy atom. The summed E-state index contributed by atoms with van der Waals surface area (Å²) < 4.78 is 5.25. The van der Waals surface area contributed by atoms with Crippen molar-refractivity contribution >= 4 is 11.9 Å². The van der Waals surface area contributed by atoms with Crippen LogP contribution in [0.5, 0.6) is 0 Å². The van der Waals surface area contributed by atoms with Crippen molar-refractivity contribution in [3.63, 3.8) is 0 Å². The summed E-state index contributed by atoms with van der Waals surface area (Å²) in [5.74, 6) is -0.289. The minimum absolute atomic E-state index is 0.238. The predicted octanol–water partition coefficient (Wildman–Crippen LogP) is 3.48. The molecule has 0 aliphatic carbocycles. The standard InChI is InChI=1S/C18H27NO3/c1-5-6-11-22-18(21)16(12-13(2)3)19-17(20)15-9-7-14(4)8-10-15/h7-10,13,16H,5-6,11-12H2,1-4H3,(H,19,20). The lowest BCUT2D eigenvalue weighted by atomic mass is 10.0. The maximum atomic E-state index is 12.3. The minimum Gasteiger partial charge on any atom is -0.464 e. The van der Waals surface area contributed by atoms with Crippen LogP contribution in [-0.4, -0.2) is 24.5 Å². The Balaban J connectivity index is 2.69. The molecule has 0 aliphatic rings. The number of hydrogen-bond donors (Lipinski definition) is 1. The van der Waals surface area contributed by atoms with E-state index in [4.69, 9.17) is 4.74 Å². The Morgan fingerprint density at radius 2 is 1.82 bits per heavy atom. The van der Waals surface area contributed by atoms with Crippen LogP contribution in [0.1, 0.15) is 56.0 Å². The number of hydrogen-bond acceptors (Lipinski definition) is 3. The molecule has 1 amide bonds. The molecule has 1 N–H and O–H groups in total. The summed E-state index contributed by atoms with van der Waals surface area (Å²) in [6.07, 6.45) is 2.38. The van der Waals surface area contributed by atoms with Gasteiger partial charge in [-0.2, -0.15) is 0 Å². The van der Waals surface area contributed by atoms with Gasteiger partial charge in [0.05, 0.1) is 6.61 Å². The molecule has 0 aromatic heterocycles. The Labute approximate surface area is 133 Å². The Kier molecular flexibility index (Phi) is 7.64. The average Bonchev–Trinajstić information content (AvgIpc) is 2.46. The van der Waals surface area contributed by atoms with Crippen LogP contribution >= 0.6 is 0 Å². The van der Waals surface area contributed by atoms with Crippen LogP contribution < -0.4 is 5.32 Å². The van der Waals surface area contributed by atoms with Crippen LogP contribution in [0.3, 0.4) is 0 Å². The van der Waals surface area contributed by atoms with Crippen molar-refractivity contribution < 1.29 is 14.3 Å². The third-order valence-electron chi connectivity index (χ3n) is 3.35. The number of carbonyl (C=O) groups is 2. The Hall–Kier alpha value is -1.84. The lowest BCUT2D eigenvalue weighted by Crippen LogP contribution is -2.42. The van der Waals surface area contributed by atoms with Gasteiger partial charge >= 0.3 is 5.97 Å². The molecule has 0 spiro atoms. The minimum atomic E-state index is -0.592. The van der Waals surface area contributed by atoms with Gasteiger partial charge in [0.15, 0.2) is 0 Å². The normalized spacial score (nSPS) is 12.0. The smallest absolute Gasteiger partial charge is 0.328 e. The van der Waals surface area contributed by atoms with Crippen LogP contribution in [0.2, 0.25) is 0 Å². The first-order valence-corrected chi connectivity index (χ1v) is 7.98. The number of ether oxygens (including phenoxy) is 1. The number of unbranched alkanes of at least 4 members (excludes halogenated alkanes) is 1. The number of nitrogens with one attached hydrogen (secondary N) is 1. The van der Waals surface area contributed by atoms with Crippen molar-refractivity contribution in [3.8, 4) is 0 Å². The highest BCUT2D eigenvalue weighted by atomic mass is 16.5. The highest BCUT2D eigenvalue weighted by Gasteiger charge is 2.23. The molecule has 0 radical (unpaired) electrons. The molecule has 0 aliphatic heterocycles. The fourth-order valence-electron chi connectivity index (χ4n) is 2.05. The van der Waals surface area contributed by atoms with Crippen LogP contribution in [0.25, 0.3) is 0 Å². The van der Waals surface area contributed by atoms with Crippen LogP contribution in [0.15, 0.2) is 24.3 Å². The maximum absolute atomic E-state index is 12.3. The van der Waals surface area contributed by atoms with Gasteiger partial charge in [0, 0.05) is 5.56 Å². The van der Waals surface area contributed by atoms with E-state index in [1.165, 1.54) is 0 Å². The van der Waals surface area contributed by atoms with Gasteiger partial charge in [0.1, 0.15) is 6.04 Å². The molecule has 1 aromatic rings. The second-order valence-electron chi connectivity index (χ2n) is 6.04. The van der Waals surface area contributed by atoms with E-state index in [9.17, 15) is 9.59 Å². The van der Waals surface area contributed by atoms with Gasteiger partial charge in [-0.3, -0.25) is 4.79 Å². The molecule has 4 nitrogen and oxygen atoms in total. The molecule has 0 fully saturated rings. The molecular formula is C18H27NO3. The van der Waals surface area contributed by atoms with E-state index in [-0.39, 0.29) is 11.9 Å². The summed E-state index contributed by atoms with van der Waals surface area (Å²) >= 11 is 0. The number of rotatable bonds is 8. The molecule has 1 unspecified atom stereocenters. The SMILES string of the molecule is CCCCOC(=O)C(CC(C)C)NC(=O)c1ccc(C)cc1. The zero-order valence-electron chi connectivity index (χ0n) is 14.0. The van der Waals surface area contributed by atoms with Crippen molar-refractivity contribution in [2.45, 2.75) is 53.0 Å². The molecule has 1 atom stereocenters. The molecule has 0 heterocycles. The number of benzene rings is 1. The van der Waals surface area contributed by atoms with Gasteiger partial charge in [-0.15, -0.1) is 0 Å². The number of carbonyl (C=O) groups excluding carboxylic acids is 2. The third-order valence-corrected chi connectivity index (χ3v) is 3.35. The van der Waals surface area contributed by atoms with E-state index in [1.54, 1.807) is 12.1 Å². The van der Waals surface area contributed by atoms with Crippen molar-refractivity contribution in [3.05, 3.63) is 35.4 Å². The summed E-state index contributed by atoms with van der Waals surface area (Å²) in [6, 6.07) is 6.70. The number of aryl methyl sites for hydroxylation is 1. The first-order valence-electron chi connectivity index (χ1n) is 7.98. The molecule has 22 heavy (non-hydrogen) atoms.